The van der Waals surface area contributed by atoms with Gasteiger partial charge in [0.05, 0.1) is 17.7 Å². The number of ether oxygens (including phenoxy) is 1. The van der Waals surface area contributed by atoms with E-state index in [1.54, 1.807) is 11.3 Å². The first kappa shape index (κ1) is 13.9. The summed E-state index contributed by atoms with van der Waals surface area (Å²) in [6.45, 7) is 5.88. The lowest BCUT2D eigenvalue weighted by molar-refractivity contribution is 0.357. The second-order valence-corrected chi connectivity index (χ2v) is 6.34. The monoisotopic (exact) mass is 307 g/mol. The second kappa shape index (κ2) is 5.76. The van der Waals surface area contributed by atoms with Crippen molar-refractivity contribution in [3.8, 4) is 5.75 Å². The highest BCUT2D eigenvalue weighted by Gasteiger charge is 2.21. The quantitative estimate of drug-likeness (QED) is 0.907. The fourth-order valence-electron chi connectivity index (χ4n) is 2.60. The number of rotatable bonds is 4. The Labute approximate surface area is 128 Å². The predicted molar refractivity (Wildman–Crippen MR) is 85.2 cm³/mol. The second-order valence-electron chi connectivity index (χ2n) is 5.05. The van der Waals surface area contributed by atoms with Crippen LogP contribution in [0.25, 0.3) is 0 Å². The molecule has 2 heterocycles. The van der Waals surface area contributed by atoms with Gasteiger partial charge in [-0.1, -0.05) is 30.7 Å². The summed E-state index contributed by atoms with van der Waals surface area (Å²) in [6, 6.07) is 6.64. The molecule has 1 unspecified atom stereocenters. The van der Waals surface area contributed by atoms with Crippen molar-refractivity contribution < 1.29 is 4.74 Å². The standard InChI is InChI=1S/C16H18ClNOS/c1-3-18-15(16-14(17)10(2)9-20-16)12-4-5-13-11(8-12)6-7-19-13/h4-5,8-9,15,18H,3,6-7H2,1-2H3. The Morgan fingerprint density at radius 2 is 2.30 bits per heavy atom. The molecule has 1 aromatic heterocycles. The molecule has 0 saturated heterocycles. The molecule has 3 rings (SSSR count). The van der Waals surface area contributed by atoms with Gasteiger partial charge >= 0.3 is 0 Å². The summed E-state index contributed by atoms with van der Waals surface area (Å²) in [5, 5.41) is 6.56. The van der Waals surface area contributed by atoms with Crippen LogP contribution in [0.4, 0.5) is 0 Å². The molecule has 0 bridgehead atoms. The maximum atomic E-state index is 6.45. The van der Waals surface area contributed by atoms with Crippen molar-refractivity contribution in [3.63, 3.8) is 0 Å². The van der Waals surface area contributed by atoms with Crippen LogP contribution in [0, 0.1) is 6.92 Å². The third-order valence-electron chi connectivity index (χ3n) is 3.64. The molecule has 4 heteroatoms. The summed E-state index contributed by atoms with van der Waals surface area (Å²) in [6.07, 6.45) is 0.999. The van der Waals surface area contributed by atoms with Crippen molar-refractivity contribution in [3.05, 3.63) is 50.2 Å². The summed E-state index contributed by atoms with van der Waals surface area (Å²) in [4.78, 5) is 1.20. The van der Waals surface area contributed by atoms with Crippen molar-refractivity contribution in [2.45, 2.75) is 26.3 Å². The van der Waals surface area contributed by atoms with Crippen LogP contribution in [-0.4, -0.2) is 13.2 Å². The Morgan fingerprint density at radius 1 is 1.45 bits per heavy atom. The zero-order valence-corrected chi connectivity index (χ0v) is 13.3. The highest BCUT2D eigenvalue weighted by Crippen LogP contribution is 2.37. The van der Waals surface area contributed by atoms with E-state index in [1.807, 2.05) is 0 Å². The van der Waals surface area contributed by atoms with Crippen LogP contribution < -0.4 is 10.1 Å². The lowest BCUT2D eigenvalue weighted by atomic mass is 10.0. The number of halogens is 1. The molecule has 1 aliphatic heterocycles. The van der Waals surface area contributed by atoms with Crippen LogP contribution in [0.1, 0.15) is 34.5 Å². The normalized spacial score (nSPS) is 14.9. The van der Waals surface area contributed by atoms with Crippen LogP contribution in [0.2, 0.25) is 5.02 Å². The molecule has 0 fully saturated rings. The minimum absolute atomic E-state index is 0.164. The Kier molecular flexibility index (Phi) is 4.01. The first-order valence-corrected chi connectivity index (χ1v) is 8.19. The largest absolute Gasteiger partial charge is 0.493 e. The zero-order valence-electron chi connectivity index (χ0n) is 11.7. The van der Waals surface area contributed by atoms with E-state index in [1.165, 1.54) is 16.0 Å². The van der Waals surface area contributed by atoms with Gasteiger partial charge in [0.25, 0.3) is 0 Å². The third-order valence-corrected chi connectivity index (χ3v) is 5.42. The van der Waals surface area contributed by atoms with Crippen molar-refractivity contribution in [2.75, 3.05) is 13.2 Å². The van der Waals surface area contributed by atoms with Gasteiger partial charge in [-0.25, -0.2) is 0 Å². The van der Waals surface area contributed by atoms with Gasteiger partial charge in [-0.2, -0.15) is 0 Å². The van der Waals surface area contributed by atoms with Gasteiger partial charge in [0.2, 0.25) is 0 Å². The lowest BCUT2D eigenvalue weighted by Gasteiger charge is -2.18. The van der Waals surface area contributed by atoms with E-state index in [-0.39, 0.29) is 6.04 Å². The van der Waals surface area contributed by atoms with Gasteiger partial charge in [-0.3, -0.25) is 0 Å². The summed E-state index contributed by atoms with van der Waals surface area (Å²) in [5.74, 6) is 1.03. The fourth-order valence-corrected chi connectivity index (χ4v) is 4.00. The maximum Gasteiger partial charge on any atom is 0.122 e. The average molecular weight is 308 g/mol. The van der Waals surface area contributed by atoms with Crippen molar-refractivity contribution >= 4 is 22.9 Å². The van der Waals surface area contributed by atoms with Crippen LogP contribution in [-0.2, 0) is 6.42 Å². The summed E-state index contributed by atoms with van der Waals surface area (Å²) >= 11 is 8.18. The molecule has 1 N–H and O–H groups in total. The third kappa shape index (κ3) is 2.46. The SMILES string of the molecule is CCNC(c1ccc2c(c1)CCO2)c1scc(C)c1Cl. The van der Waals surface area contributed by atoms with E-state index in [9.17, 15) is 0 Å². The molecule has 1 aromatic carbocycles. The van der Waals surface area contributed by atoms with E-state index < -0.39 is 0 Å². The molecule has 0 aliphatic carbocycles. The number of hydrogen-bond donors (Lipinski definition) is 1. The van der Waals surface area contributed by atoms with Crippen LogP contribution in [0.15, 0.2) is 23.6 Å². The average Bonchev–Trinajstić information content (AvgIpc) is 3.04. The first-order valence-electron chi connectivity index (χ1n) is 6.93. The molecule has 106 valence electrons. The highest BCUT2D eigenvalue weighted by molar-refractivity contribution is 7.10. The van der Waals surface area contributed by atoms with Crippen LogP contribution in [0.5, 0.6) is 5.75 Å². The number of aryl methyl sites for hydroxylation is 1. The van der Waals surface area contributed by atoms with E-state index >= 15 is 0 Å². The molecular weight excluding hydrogens is 290 g/mol. The molecule has 20 heavy (non-hydrogen) atoms. The van der Waals surface area contributed by atoms with Crippen molar-refractivity contribution in [1.29, 1.82) is 0 Å². The van der Waals surface area contributed by atoms with E-state index in [2.05, 4.69) is 42.7 Å². The molecular formula is C16H18ClNOS. The zero-order chi connectivity index (χ0) is 14.1. The number of hydrogen-bond acceptors (Lipinski definition) is 3. The Hall–Kier alpha value is -1.03. The topological polar surface area (TPSA) is 21.3 Å². The van der Waals surface area contributed by atoms with Crippen molar-refractivity contribution in [2.24, 2.45) is 0 Å². The molecule has 0 amide bonds. The molecule has 0 saturated carbocycles. The number of thiophene rings is 1. The van der Waals surface area contributed by atoms with Crippen LogP contribution in [0.3, 0.4) is 0 Å². The summed E-state index contributed by atoms with van der Waals surface area (Å²) < 4.78 is 5.58. The van der Waals surface area contributed by atoms with Gasteiger partial charge in [-0.05, 0) is 41.6 Å². The van der Waals surface area contributed by atoms with Crippen LogP contribution >= 0.6 is 22.9 Å². The molecule has 1 atom stereocenters. The number of fused-ring (bicyclic) bond motifs is 1. The Morgan fingerprint density at radius 3 is 3.00 bits per heavy atom. The molecule has 2 nitrogen and oxygen atoms in total. The molecule has 2 aromatic rings. The Bertz CT molecular complexity index is 623. The minimum Gasteiger partial charge on any atom is -0.493 e. The molecule has 0 spiro atoms. The highest BCUT2D eigenvalue weighted by atomic mass is 35.5. The van der Waals surface area contributed by atoms with Gasteiger partial charge < -0.3 is 10.1 Å². The minimum atomic E-state index is 0.164. The predicted octanol–water partition coefficient (Wildman–Crippen LogP) is 4.34. The van der Waals surface area contributed by atoms with Gasteiger partial charge in [0.15, 0.2) is 0 Å². The molecule has 1 aliphatic rings. The Balaban J connectivity index is 2.00. The fraction of sp³-hybridized carbons (Fsp3) is 0.375. The summed E-state index contributed by atoms with van der Waals surface area (Å²) in [5.41, 5.74) is 3.72. The van der Waals surface area contributed by atoms with Gasteiger partial charge in [0.1, 0.15) is 5.75 Å². The summed E-state index contributed by atoms with van der Waals surface area (Å²) in [7, 11) is 0. The lowest BCUT2D eigenvalue weighted by Crippen LogP contribution is -2.21. The number of benzene rings is 1. The first-order chi connectivity index (χ1) is 9.70. The van der Waals surface area contributed by atoms with E-state index in [4.69, 9.17) is 16.3 Å². The smallest absolute Gasteiger partial charge is 0.122 e. The van der Waals surface area contributed by atoms with E-state index in [0.717, 1.165) is 35.9 Å². The van der Waals surface area contributed by atoms with Gasteiger partial charge in [-0.15, -0.1) is 11.3 Å². The van der Waals surface area contributed by atoms with E-state index in [0.29, 0.717) is 0 Å². The maximum absolute atomic E-state index is 6.45. The van der Waals surface area contributed by atoms with Gasteiger partial charge in [0, 0.05) is 11.3 Å². The van der Waals surface area contributed by atoms with Crippen molar-refractivity contribution in [1.82, 2.24) is 5.32 Å². The number of nitrogens with one attached hydrogen (secondary N) is 1. The molecule has 0 radical (unpaired) electrons.